The van der Waals surface area contributed by atoms with Crippen molar-refractivity contribution >= 4 is 33.5 Å². The monoisotopic (exact) mass is 448 g/mol. The van der Waals surface area contributed by atoms with Crippen molar-refractivity contribution in [1.29, 1.82) is 0 Å². The Balaban J connectivity index is 1.26. The number of nitrogens with one attached hydrogen (secondary N) is 1. The number of benzene rings is 2. The molecule has 0 atom stereocenters. The summed E-state index contributed by atoms with van der Waals surface area (Å²) in [4.78, 5) is 21.7. The van der Waals surface area contributed by atoms with E-state index in [1.807, 2.05) is 37.3 Å². The van der Waals surface area contributed by atoms with Crippen molar-refractivity contribution in [3.63, 3.8) is 0 Å². The van der Waals surface area contributed by atoms with E-state index in [1.54, 1.807) is 0 Å². The third kappa shape index (κ3) is 3.99. The molecule has 164 valence electrons. The molecule has 0 spiro atoms. The highest BCUT2D eigenvalue weighted by Gasteiger charge is 2.17. The zero-order valence-electron chi connectivity index (χ0n) is 18.1. The minimum Gasteiger partial charge on any atom is -0.444 e. The van der Waals surface area contributed by atoms with E-state index < -0.39 is 6.09 Å². The van der Waals surface area contributed by atoms with Crippen molar-refractivity contribution in [3.05, 3.63) is 65.1 Å². The molecule has 0 saturated heterocycles. The highest BCUT2D eigenvalue weighted by atomic mass is 32.1. The van der Waals surface area contributed by atoms with Crippen LogP contribution in [-0.2, 0) is 35.7 Å². The molecule has 1 N–H and O–H groups in total. The van der Waals surface area contributed by atoms with Crippen LogP contribution in [0.2, 0.25) is 0 Å². The summed E-state index contributed by atoms with van der Waals surface area (Å²) in [6, 6.07) is 14.2. The second-order valence-corrected chi connectivity index (χ2v) is 8.70. The summed E-state index contributed by atoms with van der Waals surface area (Å²) in [7, 11) is 0. The fraction of sp³-hybridized carbons (Fsp3) is 0.292. The van der Waals surface area contributed by atoms with Gasteiger partial charge in [-0.25, -0.2) is 14.8 Å². The molecular formula is C24H24N4O3S. The fourth-order valence-corrected chi connectivity index (χ4v) is 4.95. The summed E-state index contributed by atoms with van der Waals surface area (Å²) in [6.07, 6.45) is 0.432. The average Bonchev–Trinajstić information content (AvgIpc) is 3.37. The van der Waals surface area contributed by atoms with E-state index in [1.165, 1.54) is 16.9 Å². The number of thiazole rings is 1. The molecule has 2 aromatic heterocycles. The number of amides is 1. The van der Waals surface area contributed by atoms with Gasteiger partial charge in [-0.15, -0.1) is 0 Å². The Bertz CT molecular complexity index is 1290. The number of aryl methyl sites for hydroxylation is 2. The van der Waals surface area contributed by atoms with E-state index in [-0.39, 0.29) is 6.61 Å². The van der Waals surface area contributed by atoms with Crippen LogP contribution in [0.3, 0.4) is 0 Å². The molecule has 0 fully saturated rings. The first-order chi connectivity index (χ1) is 15.6. The number of aromatic nitrogens is 3. The van der Waals surface area contributed by atoms with Gasteiger partial charge < -0.3 is 14.0 Å². The highest BCUT2D eigenvalue weighted by molar-refractivity contribution is 7.19. The number of anilines is 1. The minimum atomic E-state index is -0.496. The summed E-state index contributed by atoms with van der Waals surface area (Å²) in [6.45, 7) is 6.23. The number of carbonyl (C=O) groups is 1. The minimum absolute atomic E-state index is 0.170. The van der Waals surface area contributed by atoms with Crippen molar-refractivity contribution in [2.45, 2.75) is 40.0 Å². The lowest BCUT2D eigenvalue weighted by atomic mass is 10.1. The lowest BCUT2D eigenvalue weighted by Gasteiger charge is -2.14. The van der Waals surface area contributed by atoms with Gasteiger partial charge >= 0.3 is 6.09 Å². The lowest BCUT2D eigenvalue weighted by molar-refractivity contribution is 0.0830. The van der Waals surface area contributed by atoms with Crippen molar-refractivity contribution < 1.29 is 14.3 Å². The van der Waals surface area contributed by atoms with Crippen LogP contribution in [0.15, 0.2) is 42.5 Å². The molecule has 0 unspecified atom stereocenters. The van der Waals surface area contributed by atoms with Gasteiger partial charge in [0.15, 0.2) is 0 Å². The Labute approximate surface area is 190 Å². The van der Waals surface area contributed by atoms with E-state index in [4.69, 9.17) is 9.47 Å². The summed E-state index contributed by atoms with van der Waals surface area (Å²) in [5.41, 5.74) is 5.98. The van der Waals surface area contributed by atoms with Gasteiger partial charge in [-0.1, -0.05) is 48.6 Å². The van der Waals surface area contributed by atoms with Crippen LogP contribution in [0.1, 0.15) is 29.6 Å². The number of hydrogen-bond acceptors (Lipinski definition) is 6. The van der Waals surface area contributed by atoms with E-state index in [0.717, 1.165) is 51.7 Å². The third-order valence-corrected chi connectivity index (χ3v) is 6.70. The molecule has 7 nitrogen and oxygen atoms in total. The summed E-state index contributed by atoms with van der Waals surface area (Å²) in [5, 5.41) is 4.44. The first kappa shape index (κ1) is 20.7. The van der Waals surface area contributed by atoms with Gasteiger partial charge in [0, 0.05) is 12.1 Å². The maximum Gasteiger partial charge on any atom is 0.412 e. The van der Waals surface area contributed by atoms with E-state index in [0.29, 0.717) is 18.2 Å². The Hall–Kier alpha value is -3.23. The van der Waals surface area contributed by atoms with Crippen LogP contribution < -0.4 is 5.32 Å². The molecule has 4 aromatic rings. The van der Waals surface area contributed by atoms with E-state index >= 15 is 0 Å². The molecule has 0 radical (unpaired) electrons. The molecule has 3 heterocycles. The van der Waals surface area contributed by atoms with E-state index in [2.05, 4.69) is 38.9 Å². The second-order valence-electron chi connectivity index (χ2n) is 7.70. The van der Waals surface area contributed by atoms with Crippen molar-refractivity contribution in [1.82, 2.24) is 14.5 Å². The van der Waals surface area contributed by atoms with Gasteiger partial charge in [0.2, 0.25) is 0 Å². The van der Waals surface area contributed by atoms with Gasteiger partial charge in [0.05, 0.1) is 23.3 Å². The maximum atomic E-state index is 12.4. The van der Waals surface area contributed by atoms with E-state index in [9.17, 15) is 4.79 Å². The smallest absolute Gasteiger partial charge is 0.412 e. The van der Waals surface area contributed by atoms with Crippen molar-refractivity contribution in [2.24, 2.45) is 0 Å². The predicted molar refractivity (Wildman–Crippen MR) is 125 cm³/mol. The van der Waals surface area contributed by atoms with Crippen LogP contribution >= 0.6 is 11.3 Å². The van der Waals surface area contributed by atoms with Crippen molar-refractivity contribution in [3.8, 4) is 10.6 Å². The third-order valence-electron chi connectivity index (χ3n) is 5.59. The number of rotatable bonds is 5. The van der Waals surface area contributed by atoms with Gasteiger partial charge in [0.25, 0.3) is 0 Å². The number of nitrogens with zero attached hydrogens (tertiary/aromatic N) is 3. The Morgan fingerprint density at radius 2 is 2.12 bits per heavy atom. The molecule has 1 aliphatic rings. The Kier molecular flexibility index (Phi) is 5.63. The molecule has 0 aliphatic carbocycles. The predicted octanol–water partition coefficient (Wildman–Crippen LogP) is 5.31. The number of fused-ring (bicyclic) bond motifs is 3. The Morgan fingerprint density at radius 1 is 1.25 bits per heavy atom. The topological polar surface area (TPSA) is 78.3 Å². The lowest BCUT2D eigenvalue weighted by Crippen LogP contribution is -2.16. The molecule has 1 aliphatic heterocycles. The molecule has 1 amide bonds. The zero-order chi connectivity index (χ0) is 22.1. The normalized spacial score (nSPS) is 13.2. The van der Waals surface area contributed by atoms with Crippen LogP contribution in [-0.4, -0.2) is 27.2 Å². The van der Waals surface area contributed by atoms with Gasteiger partial charge in [-0.2, -0.15) is 0 Å². The number of carbonyl (C=O) groups excluding carboxylic acids is 1. The molecule has 0 saturated carbocycles. The average molecular weight is 449 g/mol. The summed E-state index contributed by atoms with van der Waals surface area (Å²) < 4.78 is 13.1. The van der Waals surface area contributed by atoms with Gasteiger partial charge in [-0.3, -0.25) is 5.32 Å². The van der Waals surface area contributed by atoms with Gasteiger partial charge in [0.1, 0.15) is 29.0 Å². The summed E-state index contributed by atoms with van der Waals surface area (Å²) >= 11 is 1.46. The molecule has 2 aromatic carbocycles. The quantitative estimate of drug-likeness (QED) is 0.448. The van der Waals surface area contributed by atoms with Crippen molar-refractivity contribution in [2.75, 3.05) is 11.9 Å². The zero-order valence-corrected chi connectivity index (χ0v) is 18.9. The SMILES string of the molecule is CCc1ccccc1-c1nc(C)c(NC(=O)OCc2ccc3c(c2)nc2n3CCOC2)s1. The number of ether oxygens (including phenoxy) is 2. The van der Waals surface area contributed by atoms with Crippen LogP contribution in [0.4, 0.5) is 9.80 Å². The van der Waals surface area contributed by atoms with Crippen LogP contribution in [0, 0.1) is 6.92 Å². The number of hydrogen-bond donors (Lipinski definition) is 1. The highest BCUT2D eigenvalue weighted by Crippen LogP contribution is 2.34. The first-order valence-corrected chi connectivity index (χ1v) is 11.5. The molecule has 5 rings (SSSR count). The Morgan fingerprint density at radius 3 is 3.00 bits per heavy atom. The standard InChI is InChI=1S/C24H24N4O3S/c1-3-17-6-4-5-7-18(17)23-25-15(2)22(32-23)27-24(29)31-13-16-8-9-20-19(12-16)26-21-14-30-11-10-28(20)21/h4-9,12H,3,10-11,13-14H2,1-2H3,(H,27,29). The molecule has 8 heteroatoms. The number of imidazole rings is 1. The van der Waals surface area contributed by atoms with Crippen LogP contribution in [0.25, 0.3) is 21.6 Å². The fourth-order valence-electron chi connectivity index (χ4n) is 3.94. The molecule has 0 bridgehead atoms. The maximum absolute atomic E-state index is 12.4. The first-order valence-electron chi connectivity index (χ1n) is 10.7. The van der Waals surface area contributed by atoms with Gasteiger partial charge in [-0.05, 0) is 36.6 Å². The molecular weight excluding hydrogens is 424 g/mol. The van der Waals surface area contributed by atoms with Crippen LogP contribution in [0.5, 0.6) is 0 Å². The molecule has 32 heavy (non-hydrogen) atoms. The largest absolute Gasteiger partial charge is 0.444 e. The second kappa shape index (κ2) is 8.72. The summed E-state index contributed by atoms with van der Waals surface area (Å²) in [5.74, 6) is 0.934.